The summed E-state index contributed by atoms with van der Waals surface area (Å²) in [5.74, 6) is 0.686. The van der Waals surface area contributed by atoms with E-state index in [1.807, 2.05) is 38.1 Å². The first-order valence-corrected chi connectivity index (χ1v) is 7.05. The average molecular weight is 285 g/mol. The van der Waals surface area contributed by atoms with Gasteiger partial charge in [-0.3, -0.25) is 4.79 Å². The zero-order valence-electron chi connectivity index (χ0n) is 12.2. The van der Waals surface area contributed by atoms with Crippen LogP contribution >= 0.6 is 0 Å². The Kier molecular flexibility index (Phi) is 5.26. The molecule has 0 aliphatic carbocycles. The van der Waals surface area contributed by atoms with Crippen LogP contribution in [0.2, 0.25) is 0 Å². The fourth-order valence-electron chi connectivity index (χ4n) is 2.05. The summed E-state index contributed by atoms with van der Waals surface area (Å²) in [5, 5.41) is 10.4. The lowest BCUT2D eigenvalue weighted by molar-refractivity contribution is 0.0935. The van der Waals surface area contributed by atoms with Gasteiger partial charge in [0, 0.05) is 0 Å². The molecule has 0 aliphatic heterocycles. The van der Waals surface area contributed by atoms with Gasteiger partial charge in [0.25, 0.3) is 5.91 Å². The second kappa shape index (κ2) is 7.38. The minimum atomic E-state index is -0.148. The van der Waals surface area contributed by atoms with Crippen LogP contribution in [0.4, 0.5) is 0 Å². The molecule has 0 saturated heterocycles. The first-order chi connectivity index (χ1) is 10.2. The molecule has 5 nitrogen and oxygen atoms in total. The first-order valence-electron chi connectivity index (χ1n) is 7.05. The van der Waals surface area contributed by atoms with Gasteiger partial charge in [0.1, 0.15) is 5.75 Å². The Morgan fingerprint density at radius 1 is 1.19 bits per heavy atom. The van der Waals surface area contributed by atoms with Crippen molar-refractivity contribution < 1.29 is 9.53 Å². The number of hydrogen-bond donors (Lipinski definition) is 1. The van der Waals surface area contributed by atoms with Gasteiger partial charge in [-0.15, -0.1) is 0 Å². The van der Waals surface area contributed by atoms with Crippen LogP contribution in [0.1, 0.15) is 42.2 Å². The molecule has 0 aliphatic rings. The molecule has 5 heteroatoms. The lowest BCUT2D eigenvalue weighted by Crippen LogP contribution is -2.28. The number of carbonyl (C=O) groups excluding carboxylic acids is 1. The number of ether oxygens (including phenoxy) is 1. The largest absolute Gasteiger partial charge is 0.494 e. The Bertz CT molecular complexity index is 570. The highest BCUT2D eigenvalue weighted by Gasteiger charge is 2.14. The number of hydrogen-bond acceptors (Lipinski definition) is 4. The molecule has 2 rings (SSSR count). The van der Waals surface area contributed by atoms with Crippen LogP contribution in [0.5, 0.6) is 5.75 Å². The third-order valence-electron chi connectivity index (χ3n) is 3.15. The topological polar surface area (TPSA) is 64.1 Å². The number of rotatable bonds is 6. The summed E-state index contributed by atoms with van der Waals surface area (Å²) in [5.41, 5.74) is 1.56. The molecule has 1 aromatic carbocycles. The van der Waals surface area contributed by atoms with E-state index in [2.05, 4.69) is 15.5 Å². The number of nitrogens with one attached hydrogen (secondary N) is 1. The first kappa shape index (κ1) is 15.0. The molecule has 1 atom stereocenters. The third-order valence-corrected chi connectivity index (χ3v) is 3.15. The highest BCUT2D eigenvalue weighted by Crippen LogP contribution is 2.20. The van der Waals surface area contributed by atoms with Gasteiger partial charge in [-0.05, 0) is 37.1 Å². The molecule has 0 radical (unpaired) electrons. The summed E-state index contributed by atoms with van der Waals surface area (Å²) in [6, 6.07) is 9.40. The molecule has 110 valence electrons. The highest BCUT2D eigenvalue weighted by atomic mass is 16.5. The maximum Gasteiger partial charge on any atom is 0.253 e. The summed E-state index contributed by atoms with van der Waals surface area (Å²) in [4.78, 5) is 12.2. The lowest BCUT2D eigenvalue weighted by atomic mass is 10.0. The Balaban J connectivity index is 2.07. The van der Waals surface area contributed by atoms with Crippen molar-refractivity contribution in [3.8, 4) is 5.75 Å². The van der Waals surface area contributed by atoms with E-state index >= 15 is 0 Å². The second-order valence-corrected chi connectivity index (χ2v) is 4.57. The fraction of sp³-hybridized carbons (Fsp3) is 0.312. The van der Waals surface area contributed by atoms with Crippen LogP contribution < -0.4 is 10.1 Å². The molecule has 0 spiro atoms. The monoisotopic (exact) mass is 285 g/mol. The van der Waals surface area contributed by atoms with Gasteiger partial charge in [0.15, 0.2) is 0 Å². The van der Waals surface area contributed by atoms with E-state index in [1.165, 1.54) is 12.4 Å². The SMILES string of the molecule is CCOc1ccc(C(CC)NC(=O)c2ccnnc2)cc1. The van der Waals surface area contributed by atoms with Crippen molar-refractivity contribution in [2.24, 2.45) is 0 Å². The zero-order chi connectivity index (χ0) is 15.1. The molecule has 1 aromatic heterocycles. The Labute approximate surface area is 124 Å². The quantitative estimate of drug-likeness (QED) is 0.886. The maximum absolute atomic E-state index is 12.2. The van der Waals surface area contributed by atoms with Crippen molar-refractivity contribution in [2.75, 3.05) is 6.61 Å². The molecule has 0 bridgehead atoms. The van der Waals surface area contributed by atoms with Crippen LogP contribution in [0.3, 0.4) is 0 Å². The minimum Gasteiger partial charge on any atom is -0.494 e. The molecule has 1 unspecified atom stereocenters. The molecule has 1 amide bonds. The number of amides is 1. The molecule has 2 aromatic rings. The van der Waals surface area contributed by atoms with Gasteiger partial charge < -0.3 is 10.1 Å². The van der Waals surface area contributed by atoms with Crippen LogP contribution in [0.15, 0.2) is 42.7 Å². The average Bonchev–Trinajstić information content (AvgIpc) is 2.54. The van der Waals surface area contributed by atoms with E-state index in [0.717, 1.165) is 17.7 Å². The molecule has 21 heavy (non-hydrogen) atoms. The van der Waals surface area contributed by atoms with Gasteiger partial charge in [-0.25, -0.2) is 0 Å². The van der Waals surface area contributed by atoms with E-state index in [1.54, 1.807) is 6.07 Å². The van der Waals surface area contributed by atoms with E-state index in [0.29, 0.717) is 12.2 Å². The standard InChI is InChI=1S/C16H19N3O2/c1-3-15(12-5-7-14(8-6-12)21-4-2)19-16(20)13-9-10-17-18-11-13/h5-11,15H,3-4H2,1-2H3,(H,19,20). The normalized spacial score (nSPS) is 11.7. The van der Waals surface area contributed by atoms with E-state index < -0.39 is 0 Å². The minimum absolute atomic E-state index is 0.0404. The van der Waals surface area contributed by atoms with Crippen LogP contribution in [0, 0.1) is 0 Å². The Morgan fingerprint density at radius 3 is 2.52 bits per heavy atom. The Hall–Kier alpha value is -2.43. The number of nitrogens with zero attached hydrogens (tertiary/aromatic N) is 2. The highest BCUT2D eigenvalue weighted by molar-refractivity contribution is 5.94. The maximum atomic E-state index is 12.2. The molecule has 1 heterocycles. The summed E-state index contributed by atoms with van der Waals surface area (Å²) in [7, 11) is 0. The summed E-state index contributed by atoms with van der Waals surface area (Å²) < 4.78 is 5.42. The van der Waals surface area contributed by atoms with Gasteiger partial charge >= 0.3 is 0 Å². The number of aromatic nitrogens is 2. The molecule has 1 N–H and O–H groups in total. The number of benzene rings is 1. The second-order valence-electron chi connectivity index (χ2n) is 4.57. The third kappa shape index (κ3) is 4.02. The summed E-state index contributed by atoms with van der Waals surface area (Å²) in [6.07, 6.45) is 3.77. The smallest absolute Gasteiger partial charge is 0.253 e. The summed E-state index contributed by atoms with van der Waals surface area (Å²) >= 11 is 0. The van der Waals surface area contributed by atoms with Crippen molar-refractivity contribution in [1.82, 2.24) is 15.5 Å². The molecule has 0 fully saturated rings. The lowest BCUT2D eigenvalue weighted by Gasteiger charge is -2.17. The van der Waals surface area contributed by atoms with Gasteiger partial charge in [-0.2, -0.15) is 10.2 Å². The van der Waals surface area contributed by atoms with E-state index in [9.17, 15) is 4.79 Å². The van der Waals surface area contributed by atoms with Crippen molar-refractivity contribution in [3.05, 3.63) is 53.9 Å². The van der Waals surface area contributed by atoms with Crippen molar-refractivity contribution in [2.45, 2.75) is 26.3 Å². The van der Waals surface area contributed by atoms with Gasteiger partial charge in [0.05, 0.1) is 30.6 Å². The van der Waals surface area contributed by atoms with Crippen molar-refractivity contribution in [1.29, 1.82) is 0 Å². The van der Waals surface area contributed by atoms with E-state index in [4.69, 9.17) is 4.74 Å². The zero-order valence-corrected chi connectivity index (χ0v) is 12.2. The van der Waals surface area contributed by atoms with Crippen LogP contribution in [-0.4, -0.2) is 22.7 Å². The molecule has 0 saturated carbocycles. The predicted octanol–water partition coefficient (Wildman–Crippen LogP) is 2.76. The van der Waals surface area contributed by atoms with Crippen LogP contribution in [-0.2, 0) is 0 Å². The molecular formula is C16H19N3O2. The Morgan fingerprint density at radius 2 is 1.95 bits per heavy atom. The van der Waals surface area contributed by atoms with Gasteiger partial charge in [-0.1, -0.05) is 19.1 Å². The van der Waals surface area contributed by atoms with Crippen molar-refractivity contribution >= 4 is 5.91 Å². The fourth-order valence-corrected chi connectivity index (χ4v) is 2.05. The predicted molar refractivity (Wildman–Crippen MR) is 80.1 cm³/mol. The summed E-state index contributed by atoms with van der Waals surface area (Å²) in [6.45, 7) is 4.63. The van der Waals surface area contributed by atoms with Crippen molar-refractivity contribution in [3.63, 3.8) is 0 Å². The van der Waals surface area contributed by atoms with Crippen LogP contribution in [0.25, 0.3) is 0 Å². The molecular weight excluding hydrogens is 266 g/mol. The van der Waals surface area contributed by atoms with E-state index in [-0.39, 0.29) is 11.9 Å². The van der Waals surface area contributed by atoms with Gasteiger partial charge in [0.2, 0.25) is 0 Å². The number of carbonyl (C=O) groups is 1.